The first kappa shape index (κ1) is 11.3. The van der Waals surface area contributed by atoms with E-state index in [-0.39, 0.29) is 0 Å². The van der Waals surface area contributed by atoms with Gasteiger partial charge in [-0.25, -0.2) is 0 Å². The highest BCUT2D eigenvalue weighted by Crippen LogP contribution is 2.15. The van der Waals surface area contributed by atoms with Crippen molar-refractivity contribution >= 4 is 17.3 Å². The van der Waals surface area contributed by atoms with Crippen LogP contribution in [0.2, 0.25) is 5.02 Å². The Bertz CT molecular complexity index is 258. The molecule has 14 heavy (non-hydrogen) atoms. The SMILES string of the molecule is CCCC(CN)Nc1ccc(Cl)cc1. The maximum atomic E-state index is 5.79. The minimum atomic E-state index is 0.362. The second-order valence-corrected chi connectivity index (χ2v) is 3.81. The van der Waals surface area contributed by atoms with E-state index in [1.54, 1.807) is 0 Å². The number of nitrogens with one attached hydrogen (secondary N) is 1. The predicted molar refractivity (Wildman–Crippen MR) is 62.8 cm³/mol. The first-order valence-electron chi connectivity index (χ1n) is 4.98. The van der Waals surface area contributed by atoms with Crippen LogP contribution in [0.5, 0.6) is 0 Å². The zero-order chi connectivity index (χ0) is 10.4. The van der Waals surface area contributed by atoms with Gasteiger partial charge in [0.05, 0.1) is 0 Å². The normalized spacial score (nSPS) is 12.5. The first-order chi connectivity index (χ1) is 6.76. The molecular formula is C11H17ClN2. The highest BCUT2D eigenvalue weighted by molar-refractivity contribution is 6.30. The van der Waals surface area contributed by atoms with Crippen LogP contribution in [0.3, 0.4) is 0 Å². The fourth-order valence-electron chi connectivity index (χ4n) is 1.38. The predicted octanol–water partition coefficient (Wildman–Crippen LogP) is 2.88. The molecule has 0 fully saturated rings. The van der Waals surface area contributed by atoms with Gasteiger partial charge in [0.1, 0.15) is 0 Å². The Morgan fingerprint density at radius 3 is 2.50 bits per heavy atom. The molecular weight excluding hydrogens is 196 g/mol. The second kappa shape index (κ2) is 5.89. The number of hydrogen-bond donors (Lipinski definition) is 2. The molecule has 1 aromatic carbocycles. The van der Waals surface area contributed by atoms with Crippen molar-refractivity contribution in [2.24, 2.45) is 5.73 Å². The van der Waals surface area contributed by atoms with Crippen molar-refractivity contribution in [3.63, 3.8) is 0 Å². The first-order valence-corrected chi connectivity index (χ1v) is 5.36. The summed E-state index contributed by atoms with van der Waals surface area (Å²) in [5.41, 5.74) is 6.73. The van der Waals surface area contributed by atoms with E-state index in [0.29, 0.717) is 12.6 Å². The third-order valence-corrected chi connectivity index (χ3v) is 2.39. The zero-order valence-electron chi connectivity index (χ0n) is 8.46. The maximum Gasteiger partial charge on any atom is 0.0407 e. The summed E-state index contributed by atoms with van der Waals surface area (Å²) in [5, 5.41) is 4.13. The molecule has 0 radical (unpaired) electrons. The fourth-order valence-corrected chi connectivity index (χ4v) is 1.51. The van der Waals surface area contributed by atoms with Crippen LogP contribution in [0.15, 0.2) is 24.3 Å². The topological polar surface area (TPSA) is 38.0 Å². The van der Waals surface area contributed by atoms with Crippen LogP contribution < -0.4 is 11.1 Å². The molecule has 0 saturated carbocycles. The highest BCUT2D eigenvalue weighted by atomic mass is 35.5. The minimum absolute atomic E-state index is 0.362. The van der Waals surface area contributed by atoms with E-state index >= 15 is 0 Å². The molecule has 0 spiro atoms. The molecule has 1 rings (SSSR count). The van der Waals surface area contributed by atoms with Crippen LogP contribution in [0, 0.1) is 0 Å². The summed E-state index contributed by atoms with van der Waals surface area (Å²) in [6, 6.07) is 8.06. The molecule has 2 nitrogen and oxygen atoms in total. The third kappa shape index (κ3) is 3.56. The van der Waals surface area contributed by atoms with Crippen LogP contribution in [-0.2, 0) is 0 Å². The molecule has 78 valence electrons. The maximum absolute atomic E-state index is 5.79. The quantitative estimate of drug-likeness (QED) is 0.788. The van der Waals surface area contributed by atoms with E-state index in [1.807, 2.05) is 24.3 Å². The molecule has 0 aliphatic heterocycles. The van der Waals surface area contributed by atoms with Gasteiger partial charge in [-0.1, -0.05) is 24.9 Å². The van der Waals surface area contributed by atoms with E-state index in [2.05, 4.69) is 12.2 Å². The number of nitrogens with two attached hydrogens (primary N) is 1. The summed E-state index contributed by atoms with van der Waals surface area (Å²) in [7, 11) is 0. The average molecular weight is 213 g/mol. The molecule has 1 aromatic rings. The minimum Gasteiger partial charge on any atom is -0.381 e. The monoisotopic (exact) mass is 212 g/mol. The Kier molecular flexibility index (Phi) is 4.77. The van der Waals surface area contributed by atoms with Gasteiger partial charge in [-0.2, -0.15) is 0 Å². The third-order valence-electron chi connectivity index (χ3n) is 2.14. The largest absolute Gasteiger partial charge is 0.381 e. The van der Waals surface area contributed by atoms with Gasteiger partial charge in [0, 0.05) is 23.3 Å². The summed E-state index contributed by atoms with van der Waals surface area (Å²) in [6.07, 6.45) is 2.24. The van der Waals surface area contributed by atoms with Gasteiger partial charge >= 0.3 is 0 Å². The Hall–Kier alpha value is -0.730. The fraction of sp³-hybridized carbons (Fsp3) is 0.455. The summed E-state index contributed by atoms with van der Waals surface area (Å²) >= 11 is 5.79. The van der Waals surface area contributed by atoms with Gasteiger partial charge in [0.15, 0.2) is 0 Å². The summed E-state index contributed by atoms with van der Waals surface area (Å²) in [4.78, 5) is 0. The van der Waals surface area contributed by atoms with Gasteiger partial charge < -0.3 is 11.1 Å². The van der Waals surface area contributed by atoms with Crippen molar-refractivity contribution in [1.82, 2.24) is 0 Å². The van der Waals surface area contributed by atoms with Crippen LogP contribution >= 0.6 is 11.6 Å². The molecule has 0 heterocycles. The molecule has 0 amide bonds. The van der Waals surface area contributed by atoms with E-state index in [0.717, 1.165) is 23.6 Å². The van der Waals surface area contributed by atoms with E-state index < -0.39 is 0 Å². The smallest absolute Gasteiger partial charge is 0.0407 e. The van der Waals surface area contributed by atoms with Crippen molar-refractivity contribution in [1.29, 1.82) is 0 Å². The van der Waals surface area contributed by atoms with Crippen LogP contribution in [0.25, 0.3) is 0 Å². The Balaban J connectivity index is 2.53. The van der Waals surface area contributed by atoms with Crippen molar-refractivity contribution in [3.8, 4) is 0 Å². The molecule has 1 unspecified atom stereocenters. The Morgan fingerprint density at radius 2 is 2.00 bits per heavy atom. The molecule has 3 heteroatoms. The summed E-state index contributed by atoms with van der Waals surface area (Å²) in [6.45, 7) is 2.82. The number of rotatable bonds is 5. The molecule has 0 aromatic heterocycles. The van der Waals surface area contributed by atoms with E-state index in [4.69, 9.17) is 17.3 Å². The standard InChI is InChI=1S/C11H17ClN2/c1-2-3-11(8-13)14-10-6-4-9(12)5-7-10/h4-7,11,14H,2-3,8,13H2,1H3. The van der Waals surface area contributed by atoms with Gasteiger partial charge in [0.2, 0.25) is 0 Å². The van der Waals surface area contributed by atoms with Crippen molar-refractivity contribution < 1.29 is 0 Å². The average Bonchev–Trinajstić information content (AvgIpc) is 2.20. The van der Waals surface area contributed by atoms with E-state index in [9.17, 15) is 0 Å². The van der Waals surface area contributed by atoms with E-state index in [1.165, 1.54) is 0 Å². The lowest BCUT2D eigenvalue weighted by molar-refractivity contribution is 0.648. The number of halogens is 1. The summed E-state index contributed by atoms with van der Waals surface area (Å²) < 4.78 is 0. The lowest BCUT2D eigenvalue weighted by Crippen LogP contribution is -2.28. The molecule has 1 atom stereocenters. The highest BCUT2D eigenvalue weighted by Gasteiger charge is 2.04. The number of benzene rings is 1. The van der Waals surface area contributed by atoms with Crippen molar-refractivity contribution in [2.75, 3.05) is 11.9 Å². The van der Waals surface area contributed by atoms with Crippen molar-refractivity contribution in [3.05, 3.63) is 29.3 Å². The molecule has 0 aliphatic rings. The van der Waals surface area contributed by atoms with Crippen molar-refractivity contribution in [2.45, 2.75) is 25.8 Å². The van der Waals surface area contributed by atoms with Crippen LogP contribution in [0.1, 0.15) is 19.8 Å². The number of anilines is 1. The molecule has 0 aliphatic carbocycles. The van der Waals surface area contributed by atoms with Gasteiger partial charge in [-0.05, 0) is 30.7 Å². The second-order valence-electron chi connectivity index (χ2n) is 3.37. The lowest BCUT2D eigenvalue weighted by Gasteiger charge is -2.17. The zero-order valence-corrected chi connectivity index (χ0v) is 9.22. The lowest BCUT2D eigenvalue weighted by atomic mass is 10.1. The van der Waals surface area contributed by atoms with Crippen LogP contribution in [0.4, 0.5) is 5.69 Å². The van der Waals surface area contributed by atoms with Gasteiger partial charge in [-0.15, -0.1) is 0 Å². The number of hydrogen-bond acceptors (Lipinski definition) is 2. The molecule has 0 bridgehead atoms. The van der Waals surface area contributed by atoms with Crippen LogP contribution in [-0.4, -0.2) is 12.6 Å². The van der Waals surface area contributed by atoms with Gasteiger partial charge in [-0.3, -0.25) is 0 Å². The summed E-state index contributed by atoms with van der Waals surface area (Å²) in [5.74, 6) is 0. The Labute approximate surface area is 90.4 Å². The van der Waals surface area contributed by atoms with Gasteiger partial charge in [0.25, 0.3) is 0 Å². The molecule has 3 N–H and O–H groups in total. The molecule has 0 saturated heterocycles. The Morgan fingerprint density at radius 1 is 1.36 bits per heavy atom.